The van der Waals surface area contributed by atoms with Crippen molar-refractivity contribution >= 4 is 5.97 Å². The number of esters is 1. The first-order valence-electron chi connectivity index (χ1n) is 8.11. The first kappa shape index (κ1) is 19.2. The zero-order chi connectivity index (χ0) is 20.1. The summed E-state index contributed by atoms with van der Waals surface area (Å²) in [5, 5.41) is 3.86. The largest absolute Gasteiger partial charge is 0.497 e. The van der Waals surface area contributed by atoms with Crippen molar-refractivity contribution in [3.63, 3.8) is 0 Å². The third kappa shape index (κ3) is 4.03. The van der Waals surface area contributed by atoms with Gasteiger partial charge in [-0.05, 0) is 30.3 Å². The Morgan fingerprint density at radius 1 is 1.04 bits per heavy atom. The SMILES string of the molecule is COc1ccc(-c2noc(COC(=O)c3ccc(OC)c(F)c3)n2)c(OC)c1. The summed E-state index contributed by atoms with van der Waals surface area (Å²) in [5.74, 6) is 0.0946. The van der Waals surface area contributed by atoms with Gasteiger partial charge >= 0.3 is 5.97 Å². The molecule has 1 heterocycles. The summed E-state index contributed by atoms with van der Waals surface area (Å²) in [6.07, 6.45) is 0. The number of aromatic nitrogens is 2. The number of carbonyl (C=O) groups excluding carboxylic acids is 1. The fraction of sp³-hybridized carbons (Fsp3) is 0.211. The first-order valence-corrected chi connectivity index (χ1v) is 8.11. The molecule has 0 bridgehead atoms. The van der Waals surface area contributed by atoms with E-state index < -0.39 is 11.8 Å². The molecule has 0 spiro atoms. The molecule has 3 aromatic rings. The lowest BCUT2D eigenvalue weighted by Crippen LogP contribution is -2.06. The van der Waals surface area contributed by atoms with Crippen molar-refractivity contribution < 1.29 is 32.7 Å². The molecule has 0 atom stereocenters. The number of benzene rings is 2. The molecule has 3 rings (SSSR count). The van der Waals surface area contributed by atoms with E-state index in [9.17, 15) is 9.18 Å². The monoisotopic (exact) mass is 388 g/mol. The average Bonchev–Trinajstić information content (AvgIpc) is 3.20. The summed E-state index contributed by atoms with van der Waals surface area (Å²) >= 11 is 0. The predicted molar refractivity (Wildman–Crippen MR) is 94.9 cm³/mol. The zero-order valence-corrected chi connectivity index (χ0v) is 15.4. The molecule has 0 aliphatic heterocycles. The van der Waals surface area contributed by atoms with Crippen LogP contribution in [-0.2, 0) is 11.3 Å². The highest BCUT2D eigenvalue weighted by molar-refractivity contribution is 5.89. The number of carbonyl (C=O) groups is 1. The number of halogens is 1. The van der Waals surface area contributed by atoms with Gasteiger partial charge in [0.25, 0.3) is 5.89 Å². The van der Waals surface area contributed by atoms with Crippen molar-refractivity contribution in [3.8, 4) is 28.6 Å². The Labute approximate surface area is 159 Å². The van der Waals surface area contributed by atoms with Crippen LogP contribution in [0.3, 0.4) is 0 Å². The molecule has 8 nitrogen and oxygen atoms in total. The topological polar surface area (TPSA) is 92.9 Å². The number of hydrogen-bond donors (Lipinski definition) is 0. The normalized spacial score (nSPS) is 10.4. The van der Waals surface area contributed by atoms with Gasteiger partial charge in [-0.2, -0.15) is 4.98 Å². The van der Waals surface area contributed by atoms with Crippen LogP contribution in [0.25, 0.3) is 11.4 Å². The zero-order valence-electron chi connectivity index (χ0n) is 15.4. The Morgan fingerprint density at radius 3 is 2.50 bits per heavy atom. The Bertz CT molecular complexity index is 988. The van der Waals surface area contributed by atoms with Crippen LogP contribution in [-0.4, -0.2) is 37.4 Å². The van der Waals surface area contributed by atoms with Crippen LogP contribution in [0.1, 0.15) is 16.2 Å². The maximum absolute atomic E-state index is 13.7. The van der Waals surface area contributed by atoms with Crippen LogP contribution < -0.4 is 14.2 Å². The van der Waals surface area contributed by atoms with E-state index in [2.05, 4.69) is 10.1 Å². The first-order chi connectivity index (χ1) is 13.5. The highest BCUT2D eigenvalue weighted by Crippen LogP contribution is 2.31. The van der Waals surface area contributed by atoms with Crippen LogP contribution in [0.5, 0.6) is 17.2 Å². The number of ether oxygens (including phenoxy) is 4. The van der Waals surface area contributed by atoms with Gasteiger partial charge in [-0.3, -0.25) is 0 Å². The Kier molecular flexibility index (Phi) is 5.73. The van der Waals surface area contributed by atoms with Gasteiger partial charge in [0.1, 0.15) is 11.5 Å². The van der Waals surface area contributed by atoms with Crippen molar-refractivity contribution in [2.45, 2.75) is 6.61 Å². The Balaban J connectivity index is 1.70. The summed E-state index contributed by atoms with van der Waals surface area (Å²) in [5.41, 5.74) is 0.622. The molecule has 1 aromatic heterocycles. The van der Waals surface area contributed by atoms with Gasteiger partial charge in [-0.25, -0.2) is 9.18 Å². The third-order valence-corrected chi connectivity index (χ3v) is 3.83. The lowest BCUT2D eigenvalue weighted by molar-refractivity contribution is 0.0429. The third-order valence-electron chi connectivity index (χ3n) is 3.83. The minimum atomic E-state index is -0.733. The summed E-state index contributed by atoms with van der Waals surface area (Å²) < 4.78 is 39.1. The molecule has 0 radical (unpaired) electrons. The van der Waals surface area contributed by atoms with E-state index in [1.807, 2.05) is 0 Å². The molecular weight excluding hydrogens is 371 g/mol. The van der Waals surface area contributed by atoms with Crippen LogP contribution >= 0.6 is 0 Å². The molecule has 0 unspecified atom stereocenters. The van der Waals surface area contributed by atoms with Crippen molar-refractivity contribution in [1.29, 1.82) is 0 Å². The van der Waals surface area contributed by atoms with Crippen LogP contribution in [0.2, 0.25) is 0 Å². The van der Waals surface area contributed by atoms with Gasteiger partial charge in [0, 0.05) is 6.07 Å². The molecular formula is C19H17FN2O6. The standard InChI is InChI=1S/C19H17FN2O6/c1-24-12-5-6-13(16(9-12)26-3)18-21-17(28-22-18)10-27-19(23)11-4-7-15(25-2)14(20)8-11/h4-9H,10H2,1-3H3. The van der Waals surface area contributed by atoms with Crippen LogP contribution in [0.4, 0.5) is 4.39 Å². The lowest BCUT2D eigenvalue weighted by Gasteiger charge is -2.07. The van der Waals surface area contributed by atoms with Gasteiger partial charge < -0.3 is 23.5 Å². The van der Waals surface area contributed by atoms with E-state index in [-0.39, 0.29) is 29.6 Å². The molecule has 0 saturated heterocycles. The summed E-state index contributed by atoms with van der Waals surface area (Å²) in [6.45, 7) is -0.266. The van der Waals surface area contributed by atoms with Crippen LogP contribution in [0.15, 0.2) is 40.9 Å². The maximum atomic E-state index is 13.7. The minimum Gasteiger partial charge on any atom is -0.497 e. The predicted octanol–water partition coefficient (Wildman–Crippen LogP) is 3.26. The molecule has 28 heavy (non-hydrogen) atoms. The lowest BCUT2D eigenvalue weighted by atomic mass is 10.2. The smallest absolute Gasteiger partial charge is 0.338 e. The number of hydrogen-bond acceptors (Lipinski definition) is 8. The van der Waals surface area contributed by atoms with E-state index in [4.69, 9.17) is 23.5 Å². The number of nitrogens with zero attached hydrogens (tertiary/aromatic N) is 2. The molecule has 0 aliphatic carbocycles. The highest BCUT2D eigenvalue weighted by Gasteiger charge is 2.17. The molecule has 0 saturated carbocycles. The average molecular weight is 388 g/mol. The summed E-state index contributed by atoms with van der Waals surface area (Å²) in [6, 6.07) is 8.90. The van der Waals surface area contributed by atoms with E-state index in [0.29, 0.717) is 17.1 Å². The second-order valence-corrected chi connectivity index (χ2v) is 5.50. The van der Waals surface area contributed by atoms with E-state index in [0.717, 1.165) is 6.07 Å². The molecule has 0 aliphatic rings. The van der Waals surface area contributed by atoms with E-state index >= 15 is 0 Å². The van der Waals surface area contributed by atoms with Crippen molar-refractivity contribution in [2.24, 2.45) is 0 Å². The fourth-order valence-corrected chi connectivity index (χ4v) is 2.41. The summed E-state index contributed by atoms with van der Waals surface area (Å²) in [7, 11) is 4.39. The minimum absolute atomic E-state index is 0.0338. The number of methoxy groups -OCH3 is 3. The van der Waals surface area contributed by atoms with Gasteiger partial charge in [-0.15, -0.1) is 0 Å². The van der Waals surface area contributed by atoms with Gasteiger partial charge in [-0.1, -0.05) is 5.16 Å². The molecule has 0 N–H and O–H groups in total. The van der Waals surface area contributed by atoms with E-state index in [1.165, 1.54) is 26.4 Å². The van der Waals surface area contributed by atoms with Crippen molar-refractivity contribution in [3.05, 3.63) is 53.7 Å². The second-order valence-electron chi connectivity index (χ2n) is 5.50. The van der Waals surface area contributed by atoms with Gasteiger partial charge in [0.2, 0.25) is 5.82 Å². The molecule has 0 fully saturated rings. The molecule has 146 valence electrons. The van der Waals surface area contributed by atoms with Crippen LogP contribution in [0, 0.1) is 5.82 Å². The quantitative estimate of drug-likeness (QED) is 0.570. The summed E-state index contributed by atoms with van der Waals surface area (Å²) in [4.78, 5) is 16.2. The van der Waals surface area contributed by atoms with Gasteiger partial charge in [0.05, 0.1) is 32.5 Å². The van der Waals surface area contributed by atoms with Gasteiger partial charge in [0.15, 0.2) is 18.2 Å². The Morgan fingerprint density at radius 2 is 1.82 bits per heavy atom. The second kappa shape index (κ2) is 8.38. The maximum Gasteiger partial charge on any atom is 0.338 e. The Hall–Kier alpha value is -3.62. The molecule has 0 amide bonds. The molecule has 9 heteroatoms. The van der Waals surface area contributed by atoms with E-state index in [1.54, 1.807) is 25.3 Å². The van der Waals surface area contributed by atoms with Crippen molar-refractivity contribution in [2.75, 3.05) is 21.3 Å². The molecule has 2 aromatic carbocycles. The fourth-order valence-electron chi connectivity index (χ4n) is 2.41. The van der Waals surface area contributed by atoms with Crippen molar-refractivity contribution in [1.82, 2.24) is 10.1 Å². The highest BCUT2D eigenvalue weighted by atomic mass is 19.1. The number of rotatable bonds is 7.